The second-order valence-corrected chi connectivity index (χ2v) is 11.3. The number of piperidine rings is 1. The molecule has 10 unspecified atom stereocenters. The Kier molecular flexibility index (Phi) is 8.35. The summed E-state index contributed by atoms with van der Waals surface area (Å²) in [5.41, 5.74) is 5.84. The zero-order valence-electron chi connectivity index (χ0n) is 21.2. The summed E-state index contributed by atoms with van der Waals surface area (Å²) in [5.74, 6) is -0.902. The molecule has 1 saturated carbocycles. The maximum atomic E-state index is 12.8. The Morgan fingerprint density at radius 2 is 2.09 bits per heavy atom. The van der Waals surface area contributed by atoms with Gasteiger partial charge < -0.3 is 29.7 Å². The van der Waals surface area contributed by atoms with Crippen molar-refractivity contribution in [3.05, 3.63) is 11.6 Å². The van der Waals surface area contributed by atoms with Crippen LogP contribution in [0.25, 0.3) is 0 Å². The zero-order chi connectivity index (χ0) is 25.3. The van der Waals surface area contributed by atoms with E-state index in [-0.39, 0.29) is 43.0 Å². The van der Waals surface area contributed by atoms with E-state index >= 15 is 0 Å². The molecule has 0 aromatic heterocycles. The van der Waals surface area contributed by atoms with Crippen molar-refractivity contribution >= 4 is 11.8 Å². The van der Waals surface area contributed by atoms with Crippen molar-refractivity contribution in [3.63, 3.8) is 0 Å². The van der Waals surface area contributed by atoms with Gasteiger partial charge in [0.15, 0.2) is 0 Å². The molecular weight excluding hydrogens is 452 g/mol. The highest BCUT2D eigenvalue weighted by Crippen LogP contribution is 2.48. The molecule has 9 heteroatoms. The van der Waals surface area contributed by atoms with Gasteiger partial charge in [0.25, 0.3) is 0 Å². The lowest BCUT2D eigenvalue weighted by Crippen LogP contribution is -2.95. The number of esters is 1. The van der Waals surface area contributed by atoms with E-state index in [2.05, 4.69) is 5.32 Å². The van der Waals surface area contributed by atoms with Crippen LogP contribution in [0, 0.1) is 17.8 Å². The standard InChI is InChI=1S/C26H42N2O7/c1-4-14(2)25(32)34-21-10-17-19(11-20-23(24(17)31)18(30)9-16(13-29)33-20)35-26(21,3)8-7-15-5-6-22(27)28-12-15/h4,15-17,19-24,28-29,31H,5-13,27H2,1-3H3/p+1. The number of allylic oxidation sites excluding steroid dienone is 1. The van der Waals surface area contributed by atoms with Gasteiger partial charge in [-0.1, -0.05) is 6.08 Å². The highest BCUT2D eigenvalue weighted by molar-refractivity contribution is 5.87. The Morgan fingerprint density at radius 3 is 2.74 bits per heavy atom. The molecule has 1 aliphatic carbocycles. The third kappa shape index (κ3) is 5.65. The molecule has 35 heavy (non-hydrogen) atoms. The molecule has 198 valence electrons. The molecule has 0 spiro atoms. The number of quaternary nitrogens is 1. The van der Waals surface area contributed by atoms with Gasteiger partial charge in [-0.2, -0.15) is 0 Å². The molecule has 6 N–H and O–H groups in total. The number of ketones is 1. The van der Waals surface area contributed by atoms with Gasteiger partial charge in [0.2, 0.25) is 0 Å². The van der Waals surface area contributed by atoms with Gasteiger partial charge in [0.1, 0.15) is 23.7 Å². The number of fused-ring (bicyclic) bond motifs is 2. The van der Waals surface area contributed by atoms with E-state index in [0.29, 0.717) is 24.3 Å². The van der Waals surface area contributed by atoms with Crippen molar-refractivity contribution in [2.45, 2.75) is 108 Å². The molecule has 4 aliphatic rings. The average Bonchev–Trinajstić information content (AvgIpc) is 2.83. The van der Waals surface area contributed by atoms with E-state index < -0.39 is 35.9 Å². The summed E-state index contributed by atoms with van der Waals surface area (Å²) in [5, 5.41) is 23.0. The molecule has 4 rings (SSSR count). The highest BCUT2D eigenvalue weighted by atomic mass is 16.6. The predicted molar refractivity (Wildman–Crippen MR) is 127 cm³/mol. The second kappa shape index (κ2) is 10.9. The van der Waals surface area contributed by atoms with Gasteiger partial charge in [-0.25, -0.2) is 4.79 Å². The minimum atomic E-state index is -0.936. The lowest BCUT2D eigenvalue weighted by atomic mass is 9.66. The molecule has 3 heterocycles. The first kappa shape index (κ1) is 26.7. The van der Waals surface area contributed by atoms with E-state index in [9.17, 15) is 19.8 Å². The Balaban J connectivity index is 1.52. The van der Waals surface area contributed by atoms with Crippen LogP contribution in [0.1, 0.15) is 65.7 Å². The number of aliphatic hydroxyl groups excluding tert-OH is 2. The predicted octanol–water partition coefficient (Wildman–Crippen LogP) is 0.166. The number of nitrogens with two attached hydrogens (primary N) is 2. The maximum Gasteiger partial charge on any atom is 0.333 e. The number of hydrogen-bond acceptors (Lipinski definition) is 8. The number of rotatable bonds is 6. The molecular formula is C26H43N2O7+. The number of carbonyl (C=O) groups excluding carboxylic acids is 2. The van der Waals surface area contributed by atoms with Gasteiger partial charge >= 0.3 is 5.97 Å². The monoisotopic (exact) mass is 495 g/mol. The molecule has 0 aromatic rings. The fourth-order valence-corrected chi connectivity index (χ4v) is 6.42. The third-order valence-electron chi connectivity index (χ3n) is 8.84. The van der Waals surface area contributed by atoms with Crippen molar-refractivity contribution in [2.24, 2.45) is 23.5 Å². The molecule has 0 radical (unpaired) electrons. The Hall–Kier alpha value is -1.36. The fraction of sp³-hybridized carbons (Fsp3) is 0.846. The normalized spacial score (nSPS) is 44.3. The largest absolute Gasteiger partial charge is 0.456 e. The second-order valence-electron chi connectivity index (χ2n) is 11.3. The SMILES string of the molecule is CC=C(C)C(=O)OC1CC2C(CC3OC(CO)CC(=O)C3C2O)OC1(C)CCC1CCC(N)[NH2+]C1. The number of Topliss-reactive ketones (excluding diaryl/α,β-unsaturated/α-hetero) is 1. The third-order valence-corrected chi connectivity index (χ3v) is 8.84. The van der Waals surface area contributed by atoms with E-state index in [1.54, 1.807) is 19.9 Å². The minimum absolute atomic E-state index is 0.0790. The topological polar surface area (TPSA) is 145 Å². The molecule has 0 amide bonds. The Bertz CT molecular complexity index is 812. The summed E-state index contributed by atoms with van der Waals surface area (Å²) < 4.78 is 18.7. The molecule has 0 bridgehead atoms. The molecule has 4 fully saturated rings. The molecule has 10 atom stereocenters. The minimum Gasteiger partial charge on any atom is -0.456 e. The first-order valence-electron chi connectivity index (χ1n) is 13.2. The van der Waals surface area contributed by atoms with Crippen LogP contribution < -0.4 is 11.1 Å². The highest BCUT2D eigenvalue weighted by Gasteiger charge is 2.57. The number of carbonyl (C=O) groups is 2. The Morgan fingerprint density at radius 1 is 1.31 bits per heavy atom. The van der Waals surface area contributed by atoms with Crippen molar-refractivity contribution in [3.8, 4) is 0 Å². The van der Waals surface area contributed by atoms with E-state index in [1.807, 2.05) is 6.92 Å². The summed E-state index contributed by atoms with van der Waals surface area (Å²) in [6.07, 6.45) is 3.83. The summed E-state index contributed by atoms with van der Waals surface area (Å²) in [7, 11) is 0. The lowest BCUT2D eigenvalue weighted by molar-refractivity contribution is -0.703. The van der Waals surface area contributed by atoms with E-state index in [0.717, 1.165) is 32.2 Å². The Labute approximate surface area is 207 Å². The number of hydrogen-bond donors (Lipinski definition) is 4. The van der Waals surface area contributed by atoms with Crippen molar-refractivity contribution in [1.82, 2.24) is 0 Å². The van der Waals surface area contributed by atoms with Gasteiger partial charge in [-0.05, 0) is 46.5 Å². The van der Waals surface area contributed by atoms with Crippen LogP contribution in [-0.2, 0) is 23.8 Å². The van der Waals surface area contributed by atoms with Crippen LogP contribution in [-0.4, -0.2) is 77.4 Å². The van der Waals surface area contributed by atoms with Crippen LogP contribution >= 0.6 is 0 Å². The lowest BCUT2D eigenvalue weighted by Gasteiger charge is -2.54. The van der Waals surface area contributed by atoms with Gasteiger partial charge in [0.05, 0.1) is 43.5 Å². The van der Waals surface area contributed by atoms with Crippen molar-refractivity contribution < 1.29 is 39.3 Å². The quantitative estimate of drug-likeness (QED) is 0.301. The number of ether oxygens (including phenoxy) is 3. The van der Waals surface area contributed by atoms with Crippen LogP contribution in [0.4, 0.5) is 0 Å². The van der Waals surface area contributed by atoms with Crippen LogP contribution in [0.2, 0.25) is 0 Å². The summed E-state index contributed by atoms with van der Waals surface area (Å²) >= 11 is 0. The smallest absolute Gasteiger partial charge is 0.333 e. The van der Waals surface area contributed by atoms with Crippen LogP contribution in [0.5, 0.6) is 0 Å². The average molecular weight is 496 g/mol. The molecule has 0 aromatic carbocycles. The fourth-order valence-electron chi connectivity index (χ4n) is 6.42. The van der Waals surface area contributed by atoms with Crippen LogP contribution in [0.3, 0.4) is 0 Å². The van der Waals surface area contributed by atoms with E-state index in [4.69, 9.17) is 19.9 Å². The molecule has 9 nitrogen and oxygen atoms in total. The number of aliphatic hydroxyl groups is 2. The zero-order valence-corrected chi connectivity index (χ0v) is 21.2. The summed E-state index contributed by atoms with van der Waals surface area (Å²) in [6.45, 7) is 6.29. The van der Waals surface area contributed by atoms with Gasteiger partial charge in [-0.3, -0.25) is 10.5 Å². The molecule has 3 aliphatic heterocycles. The summed E-state index contributed by atoms with van der Waals surface area (Å²) in [4.78, 5) is 25.5. The van der Waals surface area contributed by atoms with E-state index in [1.165, 1.54) is 0 Å². The van der Waals surface area contributed by atoms with Crippen LogP contribution in [0.15, 0.2) is 11.6 Å². The first-order chi connectivity index (χ1) is 16.6. The maximum absolute atomic E-state index is 12.8. The first-order valence-corrected chi connectivity index (χ1v) is 13.2. The molecule has 3 saturated heterocycles. The van der Waals surface area contributed by atoms with Gasteiger partial charge in [0, 0.05) is 36.7 Å². The van der Waals surface area contributed by atoms with Crippen molar-refractivity contribution in [2.75, 3.05) is 13.2 Å². The van der Waals surface area contributed by atoms with Crippen molar-refractivity contribution in [1.29, 1.82) is 0 Å². The summed E-state index contributed by atoms with van der Waals surface area (Å²) in [6, 6.07) is 0. The van der Waals surface area contributed by atoms with Gasteiger partial charge in [-0.15, -0.1) is 0 Å².